The summed E-state index contributed by atoms with van der Waals surface area (Å²) in [5.74, 6) is 1.02. The van der Waals surface area contributed by atoms with Crippen LogP contribution in [0.25, 0.3) is 11.2 Å². The van der Waals surface area contributed by atoms with Gasteiger partial charge in [0.15, 0.2) is 28.5 Å². The predicted octanol–water partition coefficient (Wildman–Crippen LogP) is 0.793. The molecule has 2 aromatic heterocycles. The number of aromatic hydroxyl groups is 1. The number of imidazole rings is 1. The number of nitrogens with one attached hydrogen (secondary N) is 1. The number of aromatic nitrogens is 4. The Balaban J connectivity index is 1.55. The summed E-state index contributed by atoms with van der Waals surface area (Å²) >= 11 is 0. The van der Waals surface area contributed by atoms with E-state index >= 15 is 0 Å². The molecule has 10 heteroatoms. The molecule has 0 bridgehead atoms. The Kier molecular flexibility index (Phi) is 4.99. The van der Waals surface area contributed by atoms with Gasteiger partial charge in [-0.1, -0.05) is 6.07 Å². The highest BCUT2D eigenvalue weighted by Gasteiger charge is 2.35. The van der Waals surface area contributed by atoms with Gasteiger partial charge < -0.3 is 30.1 Å². The molecule has 1 unspecified atom stereocenters. The normalized spacial score (nSPS) is 21.9. The van der Waals surface area contributed by atoms with E-state index in [2.05, 4.69) is 20.3 Å². The van der Waals surface area contributed by atoms with Gasteiger partial charge in [0.05, 0.1) is 26.1 Å². The van der Waals surface area contributed by atoms with E-state index in [1.165, 1.54) is 13.4 Å². The lowest BCUT2D eigenvalue weighted by Crippen LogP contribution is -2.24. The van der Waals surface area contributed by atoms with E-state index in [0.29, 0.717) is 35.7 Å². The van der Waals surface area contributed by atoms with Gasteiger partial charge in [-0.25, -0.2) is 15.0 Å². The molecule has 1 aliphatic heterocycles. The first kappa shape index (κ1) is 18.4. The van der Waals surface area contributed by atoms with Gasteiger partial charge in [-0.05, 0) is 17.7 Å². The molecule has 1 aliphatic rings. The summed E-state index contributed by atoms with van der Waals surface area (Å²) in [4.78, 5) is 12.9. The average molecular weight is 387 g/mol. The third kappa shape index (κ3) is 3.33. The third-order valence-corrected chi connectivity index (χ3v) is 4.76. The van der Waals surface area contributed by atoms with E-state index in [0.717, 1.165) is 5.56 Å². The maximum absolute atomic E-state index is 9.97. The summed E-state index contributed by atoms with van der Waals surface area (Å²) < 4.78 is 12.5. The molecule has 4 N–H and O–H groups in total. The van der Waals surface area contributed by atoms with Crippen molar-refractivity contribution in [1.82, 2.24) is 19.5 Å². The number of fused-ring (bicyclic) bond motifs is 1. The van der Waals surface area contributed by atoms with Crippen LogP contribution in [0.15, 0.2) is 30.9 Å². The first-order valence-corrected chi connectivity index (χ1v) is 8.82. The van der Waals surface area contributed by atoms with E-state index in [4.69, 9.17) is 9.47 Å². The summed E-state index contributed by atoms with van der Waals surface area (Å²) in [6.07, 6.45) is 1.54. The van der Waals surface area contributed by atoms with E-state index in [1.54, 1.807) is 29.1 Å². The van der Waals surface area contributed by atoms with Crippen LogP contribution in [0.4, 0.5) is 5.82 Å². The molecular weight excluding hydrogens is 366 g/mol. The molecule has 3 heterocycles. The highest BCUT2D eigenvalue weighted by molar-refractivity contribution is 5.82. The number of hydrogen-bond acceptors (Lipinski definition) is 9. The van der Waals surface area contributed by atoms with E-state index < -0.39 is 18.4 Å². The highest BCUT2D eigenvalue weighted by atomic mass is 16.5. The number of hydrogen-bond donors (Lipinski definition) is 4. The van der Waals surface area contributed by atoms with Gasteiger partial charge in [-0.2, -0.15) is 0 Å². The second-order valence-corrected chi connectivity index (χ2v) is 6.52. The van der Waals surface area contributed by atoms with Crippen molar-refractivity contribution in [2.24, 2.45) is 0 Å². The van der Waals surface area contributed by atoms with E-state index in [9.17, 15) is 15.3 Å². The van der Waals surface area contributed by atoms with Crippen LogP contribution in [0.2, 0.25) is 0 Å². The topological polar surface area (TPSA) is 135 Å². The number of aliphatic hydroxyl groups excluding tert-OH is 2. The highest BCUT2D eigenvalue weighted by Crippen LogP contribution is 2.32. The van der Waals surface area contributed by atoms with Gasteiger partial charge in [-0.15, -0.1) is 0 Å². The molecule has 1 saturated heterocycles. The molecule has 1 aromatic carbocycles. The maximum atomic E-state index is 9.97. The number of anilines is 1. The van der Waals surface area contributed by atoms with Crippen molar-refractivity contribution >= 4 is 17.0 Å². The smallest absolute Gasteiger partial charge is 0.167 e. The molecule has 148 valence electrons. The van der Waals surface area contributed by atoms with Crippen LogP contribution in [0, 0.1) is 0 Å². The number of ether oxygens (including phenoxy) is 2. The maximum Gasteiger partial charge on any atom is 0.167 e. The molecule has 0 amide bonds. The Hall–Kier alpha value is -2.95. The van der Waals surface area contributed by atoms with Gasteiger partial charge in [0.1, 0.15) is 18.7 Å². The van der Waals surface area contributed by atoms with E-state index in [-0.39, 0.29) is 12.4 Å². The van der Waals surface area contributed by atoms with Crippen LogP contribution in [0.3, 0.4) is 0 Å². The van der Waals surface area contributed by atoms with Crippen molar-refractivity contribution in [3.05, 3.63) is 36.4 Å². The first-order chi connectivity index (χ1) is 13.6. The van der Waals surface area contributed by atoms with E-state index in [1.807, 2.05) is 0 Å². The number of methoxy groups -OCH3 is 1. The predicted molar refractivity (Wildman–Crippen MR) is 98.9 cm³/mol. The second-order valence-electron chi connectivity index (χ2n) is 6.52. The van der Waals surface area contributed by atoms with Crippen LogP contribution in [0.1, 0.15) is 18.2 Å². The largest absolute Gasteiger partial charge is 0.504 e. The van der Waals surface area contributed by atoms with Gasteiger partial charge in [-0.3, -0.25) is 4.57 Å². The Morgan fingerprint density at radius 3 is 2.93 bits per heavy atom. The van der Waals surface area contributed by atoms with Crippen molar-refractivity contribution in [2.75, 3.05) is 19.0 Å². The number of benzene rings is 1. The van der Waals surface area contributed by atoms with Crippen molar-refractivity contribution < 1.29 is 24.8 Å². The first-order valence-electron chi connectivity index (χ1n) is 8.82. The van der Waals surface area contributed by atoms with Gasteiger partial charge in [0, 0.05) is 13.0 Å². The molecule has 1 fully saturated rings. The summed E-state index contributed by atoms with van der Waals surface area (Å²) in [6.45, 7) is 0.197. The number of aliphatic hydroxyl groups is 2. The van der Waals surface area contributed by atoms with Crippen molar-refractivity contribution in [3.8, 4) is 11.5 Å². The standard InChI is InChI=1S/C18H21N5O5/c1-27-13-4-10(2-3-11(13)25)6-19-17-16-18(21-8-20-17)23(9-22-16)15-5-12(26)14(7-24)28-15/h2-4,8-9,12,14-15,24-26H,5-7H2,1H3,(H,19,20,21)/t12-,14?,15-/m1/s1. The molecule has 3 aromatic rings. The monoisotopic (exact) mass is 387 g/mol. The molecule has 0 aliphatic carbocycles. The number of phenols is 1. The van der Waals surface area contributed by atoms with Crippen LogP contribution >= 0.6 is 0 Å². The Bertz CT molecular complexity index is 978. The van der Waals surface area contributed by atoms with Gasteiger partial charge >= 0.3 is 0 Å². The molecule has 3 atom stereocenters. The van der Waals surface area contributed by atoms with Crippen LogP contribution < -0.4 is 10.1 Å². The fraction of sp³-hybridized carbons (Fsp3) is 0.389. The lowest BCUT2D eigenvalue weighted by molar-refractivity contribution is -0.0432. The fourth-order valence-electron chi connectivity index (χ4n) is 3.26. The molecule has 0 spiro atoms. The molecular formula is C18H21N5O5. The van der Waals surface area contributed by atoms with Crippen LogP contribution in [-0.2, 0) is 11.3 Å². The lowest BCUT2D eigenvalue weighted by atomic mass is 10.2. The zero-order chi connectivity index (χ0) is 19.7. The third-order valence-electron chi connectivity index (χ3n) is 4.76. The minimum atomic E-state index is -0.739. The minimum Gasteiger partial charge on any atom is -0.504 e. The number of rotatable bonds is 6. The molecule has 4 rings (SSSR count). The van der Waals surface area contributed by atoms with Crippen molar-refractivity contribution in [2.45, 2.75) is 31.4 Å². The number of nitrogens with zero attached hydrogens (tertiary/aromatic N) is 4. The summed E-state index contributed by atoms with van der Waals surface area (Å²) in [7, 11) is 1.50. The Labute approximate surface area is 160 Å². The van der Waals surface area contributed by atoms with Crippen LogP contribution in [-0.4, -0.2) is 60.8 Å². The lowest BCUT2D eigenvalue weighted by Gasteiger charge is -2.13. The zero-order valence-electron chi connectivity index (χ0n) is 15.2. The number of phenolic OH excluding ortho intramolecular Hbond substituents is 1. The fourth-order valence-corrected chi connectivity index (χ4v) is 3.26. The molecule has 0 radical (unpaired) electrons. The minimum absolute atomic E-state index is 0.0781. The van der Waals surface area contributed by atoms with Gasteiger partial charge in [0.2, 0.25) is 0 Å². The summed E-state index contributed by atoms with van der Waals surface area (Å²) in [5, 5.41) is 32.1. The van der Waals surface area contributed by atoms with Crippen molar-refractivity contribution in [3.63, 3.8) is 0 Å². The molecule has 0 saturated carbocycles. The summed E-state index contributed by atoms with van der Waals surface area (Å²) in [5.41, 5.74) is 2.03. The molecule has 10 nitrogen and oxygen atoms in total. The Morgan fingerprint density at radius 2 is 2.18 bits per heavy atom. The van der Waals surface area contributed by atoms with Gasteiger partial charge in [0.25, 0.3) is 0 Å². The molecule has 28 heavy (non-hydrogen) atoms. The van der Waals surface area contributed by atoms with Crippen molar-refractivity contribution in [1.29, 1.82) is 0 Å². The quantitative estimate of drug-likeness (QED) is 0.484. The Morgan fingerprint density at radius 1 is 1.32 bits per heavy atom. The zero-order valence-corrected chi connectivity index (χ0v) is 15.2. The second kappa shape index (κ2) is 7.58. The average Bonchev–Trinajstić information content (AvgIpc) is 3.30. The van der Waals surface area contributed by atoms with Crippen LogP contribution in [0.5, 0.6) is 11.5 Å². The summed E-state index contributed by atoms with van der Waals surface area (Å²) in [6, 6.07) is 5.09. The SMILES string of the molecule is COc1cc(CNc2ncnc3c2ncn3[C@H]2C[C@@H](O)C(CO)O2)ccc1O.